The van der Waals surface area contributed by atoms with Crippen LogP contribution in [0.5, 0.6) is 5.75 Å². The highest BCUT2D eigenvalue weighted by Crippen LogP contribution is 2.42. The minimum atomic E-state index is -0.224. The second kappa shape index (κ2) is 3.76. The van der Waals surface area contributed by atoms with E-state index in [0.29, 0.717) is 6.42 Å². The summed E-state index contributed by atoms with van der Waals surface area (Å²) in [5.41, 5.74) is 0.774. The lowest BCUT2D eigenvalue weighted by atomic mass is 9.69. The fourth-order valence-electron chi connectivity index (χ4n) is 2.49. The van der Waals surface area contributed by atoms with E-state index in [1.165, 1.54) is 5.56 Å². The maximum absolute atomic E-state index is 11.6. The Bertz CT molecular complexity index is 436. The summed E-state index contributed by atoms with van der Waals surface area (Å²) in [6.45, 7) is 6.27. The molecule has 1 fully saturated rings. The van der Waals surface area contributed by atoms with E-state index in [2.05, 4.69) is 26.1 Å². The van der Waals surface area contributed by atoms with Crippen LogP contribution < -0.4 is 10.1 Å². The Morgan fingerprint density at radius 2 is 1.76 bits per heavy atom. The molecule has 0 spiro atoms. The smallest absolute Gasteiger partial charge is 0.221 e. The molecule has 1 aromatic rings. The Kier molecular flexibility index (Phi) is 2.64. The molecule has 1 heterocycles. The molecule has 0 bridgehead atoms. The maximum Gasteiger partial charge on any atom is 0.221 e. The average molecular weight is 233 g/mol. The minimum absolute atomic E-state index is 0.119. The fourth-order valence-corrected chi connectivity index (χ4v) is 2.49. The Morgan fingerprint density at radius 3 is 2.18 bits per heavy atom. The van der Waals surface area contributed by atoms with E-state index in [9.17, 15) is 4.79 Å². The number of amides is 1. The topological polar surface area (TPSA) is 38.3 Å². The van der Waals surface area contributed by atoms with Crippen molar-refractivity contribution in [3.63, 3.8) is 0 Å². The van der Waals surface area contributed by atoms with Crippen molar-refractivity contribution in [1.29, 1.82) is 0 Å². The number of rotatable bonds is 2. The molecule has 1 atom stereocenters. The number of carbonyl (C=O) groups excluding carboxylic acids is 1. The molecular formula is C14H19NO2. The van der Waals surface area contributed by atoms with Crippen molar-refractivity contribution in [2.75, 3.05) is 7.11 Å². The molecule has 0 aliphatic carbocycles. The predicted octanol–water partition coefficient (Wildman–Crippen LogP) is 2.25. The molecule has 1 aromatic carbocycles. The lowest BCUT2D eigenvalue weighted by Crippen LogP contribution is -2.48. The van der Waals surface area contributed by atoms with Gasteiger partial charge >= 0.3 is 0 Å². The summed E-state index contributed by atoms with van der Waals surface area (Å²) in [6.07, 6.45) is 0.534. The largest absolute Gasteiger partial charge is 0.497 e. The van der Waals surface area contributed by atoms with Crippen LogP contribution in [0.4, 0.5) is 0 Å². The highest BCUT2D eigenvalue weighted by atomic mass is 16.5. The number of benzene rings is 1. The standard InChI is InChI=1S/C14H19NO2/c1-13(2)14(3,9-12(16)15-13)10-5-7-11(17-4)8-6-10/h5-8H,9H2,1-4H3,(H,15,16). The van der Waals surface area contributed by atoms with Crippen LogP contribution in [-0.2, 0) is 10.2 Å². The van der Waals surface area contributed by atoms with Gasteiger partial charge in [-0.15, -0.1) is 0 Å². The highest BCUT2D eigenvalue weighted by molar-refractivity contribution is 5.82. The Hall–Kier alpha value is -1.51. The minimum Gasteiger partial charge on any atom is -0.497 e. The van der Waals surface area contributed by atoms with Crippen LogP contribution >= 0.6 is 0 Å². The zero-order chi connectivity index (χ0) is 12.7. The molecule has 3 nitrogen and oxygen atoms in total. The van der Waals surface area contributed by atoms with Crippen LogP contribution in [0.15, 0.2) is 24.3 Å². The molecule has 2 rings (SSSR count). The average Bonchev–Trinajstić information content (AvgIpc) is 2.48. The van der Waals surface area contributed by atoms with Gasteiger partial charge in [-0.25, -0.2) is 0 Å². The van der Waals surface area contributed by atoms with Crippen LogP contribution in [0.2, 0.25) is 0 Å². The van der Waals surface area contributed by atoms with Crippen LogP contribution in [0.1, 0.15) is 32.8 Å². The summed E-state index contributed by atoms with van der Waals surface area (Å²) >= 11 is 0. The van der Waals surface area contributed by atoms with Crippen LogP contribution in [-0.4, -0.2) is 18.6 Å². The number of ether oxygens (including phenoxy) is 1. The Balaban J connectivity index is 2.40. The molecule has 0 aromatic heterocycles. The van der Waals surface area contributed by atoms with Gasteiger partial charge in [-0.2, -0.15) is 0 Å². The number of nitrogens with one attached hydrogen (secondary N) is 1. The van der Waals surface area contributed by atoms with Gasteiger partial charge in [-0.05, 0) is 31.5 Å². The van der Waals surface area contributed by atoms with Crippen molar-refractivity contribution >= 4 is 5.91 Å². The summed E-state index contributed by atoms with van der Waals surface area (Å²) in [6, 6.07) is 7.97. The molecule has 1 N–H and O–H groups in total. The van der Waals surface area contributed by atoms with Gasteiger partial charge in [0.15, 0.2) is 0 Å². The molecule has 17 heavy (non-hydrogen) atoms. The van der Waals surface area contributed by atoms with Gasteiger partial charge in [0, 0.05) is 17.4 Å². The van der Waals surface area contributed by atoms with Crippen molar-refractivity contribution in [1.82, 2.24) is 5.32 Å². The molecule has 1 amide bonds. The second-order valence-corrected chi connectivity index (χ2v) is 5.41. The van der Waals surface area contributed by atoms with Gasteiger partial charge in [0.25, 0.3) is 0 Å². The first-order valence-electron chi connectivity index (χ1n) is 5.84. The first-order valence-corrected chi connectivity index (χ1v) is 5.84. The van der Waals surface area contributed by atoms with Gasteiger partial charge in [-0.3, -0.25) is 4.79 Å². The van der Waals surface area contributed by atoms with Gasteiger partial charge in [0.2, 0.25) is 5.91 Å². The van der Waals surface area contributed by atoms with E-state index in [-0.39, 0.29) is 16.9 Å². The van der Waals surface area contributed by atoms with Gasteiger partial charge in [0.1, 0.15) is 5.75 Å². The summed E-state index contributed by atoms with van der Waals surface area (Å²) < 4.78 is 5.16. The van der Waals surface area contributed by atoms with Crippen molar-refractivity contribution in [3.8, 4) is 5.75 Å². The summed E-state index contributed by atoms with van der Waals surface area (Å²) in [5.74, 6) is 0.959. The predicted molar refractivity (Wildman–Crippen MR) is 67.2 cm³/mol. The molecule has 92 valence electrons. The molecule has 0 radical (unpaired) electrons. The first-order chi connectivity index (χ1) is 7.89. The van der Waals surface area contributed by atoms with Crippen molar-refractivity contribution < 1.29 is 9.53 Å². The third-order valence-electron chi connectivity index (χ3n) is 4.07. The van der Waals surface area contributed by atoms with Gasteiger partial charge in [0.05, 0.1) is 7.11 Å². The lowest BCUT2D eigenvalue weighted by molar-refractivity contribution is -0.119. The van der Waals surface area contributed by atoms with E-state index in [1.807, 2.05) is 24.3 Å². The fraction of sp³-hybridized carbons (Fsp3) is 0.500. The highest BCUT2D eigenvalue weighted by Gasteiger charge is 2.50. The van der Waals surface area contributed by atoms with E-state index in [0.717, 1.165) is 5.75 Å². The molecule has 1 aliphatic rings. The summed E-state index contributed by atoms with van der Waals surface area (Å²) in [4.78, 5) is 11.6. The van der Waals surface area contributed by atoms with Crippen LogP contribution in [0.25, 0.3) is 0 Å². The number of hydrogen-bond acceptors (Lipinski definition) is 2. The number of methoxy groups -OCH3 is 1. The second-order valence-electron chi connectivity index (χ2n) is 5.41. The van der Waals surface area contributed by atoms with Crippen LogP contribution in [0, 0.1) is 0 Å². The Morgan fingerprint density at radius 1 is 1.18 bits per heavy atom. The van der Waals surface area contributed by atoms with E-state index >= 15 is 0 Å². The molecule has 1 unspecified atom stereocenters. The lowest BCUT2D eigenvalue weighted by Gasteiger charge is -2.37. The third-order valence-corrected chi connectivity index (χ3v) is 4.07. The van der Waals surface area contributed by atoms with Gasteiger partial charge in [-0.1, -0.05) is 19.1 Å². The van der Waals surface area contributed by atoms with Crippen molar-refractivity contribution in [2.45, 2.75) is 38.1 Å². The van der Waals surface area contributed by atoms with E-state index < -0.39 is 0 Å². The third kappa shape index (κ3) is 1.79. The molecular weight excluding hydrogens is 214 g/mol. The molecule has 1 aliphatic heterocycles. The monoisotopic (exact) mass is 233 g/mol. The normalized spacial score (nSPS) is 26.7. The van der Waals surface area contributed by atoms with Gasteiger partial charge < -0.3 is 10.1 Å². The molecule has 3 heteroatoms. The molecule has 0 saturated carbocycles. The number of carbonyl (C=O) groups is 1. The van der Waals surface area contributed by atoms with E-state index in [1.54, 1.807) is 7.11 Å². The van der Waals surface area contributed by atoms with Crippen molar-refractivity contribution in [3.05, 3.63) is 29.8 Å². The van der Waals surface area contributed by atoms with Crippen LogP contribution in [0.3, 0.4) is 0 Å². The number of hydrogen-bond donors (Lipinski definition) is 1. The first kappa shape index (κ1) is 12.0. The SMILES string of the molecule is COc1ccc(C2(C)CC(=O)NC2(C)C)cc1. The zero-order valence-corrected chi connectivity index (χ0v) is 10.8. The van der Waals surface area contributed by atoms with E-state index in [4.69, 9.17) is 4.74 Å². The quantitative estimate of drug-likeness (QED) is 0.850. The Labute approximate surface area is 102 Å². The van der Waals surface area contributed by atoms with Crippen molar-refractivity contribution in [2.24, 2.45) is 0 Å². The zero-order valence-electron chi connectivity index (χ0n) is 10.8. The summed E-state index contributed by atoms with van der Waals surface area (Å²) in [5, 5.41) is 3.04. The maximum atomic E-state index is 11.6. The molecule has 1 saturated heterocycles. The summed E-state index contributed by atoms with van der Waals surface area (Å²) in [7, 11) is 1.65.